The largest absolute Gasteiger partial charge is 0.500 e. The first-order chi connectivity index (χ1) is 8.22. The summed E-state index contributed by atoms with van der Waals surface area (Å²) in [5.74, 6) is 5.10. The van der Waals surface area contributed by atoms with Crippen LogP contribution in [0.3, 0.4) is 0 Å². The molecule has 0 spiro atoms. The van der Waals surface area contributed by atoms with Crippen LogP contribution in [0.2, 0.25) is 0 Å². The second-order valence-corrected chi connectivity index (χ2v) is 6.26. The van der Waals surface area contributed by atoms with Crippen LogP contribution in [0, 0.1) is 40.9 Å². The maximum atomic E-state index is 9.10. The van der Waals surface area contributed by atoms with E-state index < -0.39 is 0 Å². The molecule has 0 aromatic rings. The van der Waals surface area contributed by atoms with Crippen LogP contribution in [0.4, 0.5) is 0 Å². The van der Waals surface area contributed by atoms with E-state index in [-0.39, 0.29) is 0 Å². The van der Waals surface area contributed by atoms with Crippen LogP contribution in [0.5, 0.6) is 0 Å². The van der Waals surface area contributed by atoms with Crippen LogP contribution >= 0.6 is 0 Å². The van der Waals surface area contributed by atoms with Crippen molar-refractivity contribution >= 4 is 0 Å². The lowest BCUT2D eigenvalue weighted by Gasteiger charge is -2.54. The van der Waals surface area contributed by atoms with Gasteiger partial charge in [-0.3, -0.25) is 0 Å². The van der Waals surface area contributed by atoms with Crippen LogP contribution in [0.15, 0.2) is 11.3 Å². The fourth-order valence-electron chi connectivity index (χ4n) is 4.95. The Kier molecular flexibility index (Phi) is 2.65. The molecule has 0 heterocycles. The smallest absolute Gasteiger partial charge is 0.112 e. The molecule has 4 aliphatic carbocycles. The highest BCUT2D eigenvalue weighted by Gasteiger charge is 2.50. The molecular weight excluding hydrogens is 210 g/mol. The van der Waals surface area contributed by atoms with Gasteiger partial charge in [-0.25, -0.2) is 0 Å². The highest BCUT2D eigenvalue weighted by Crippen LogP contribution is 2.58. The van der Waals surface area contributed by atoms with E-state index >= 15 is 0 Å². The minimum atomic E-state index is 0.549. The van der Waals surface area contributed by atoms with Gasteiger partial charge >= 0.3 is 0 Å². The molecule has 4 fully saturated rings. The second-order valence-electron chi connectivity index (χ2n) is 6.26. The van der Waals surface area contributed by atoms with Crippen molar-refractivity contribution in [3.05, 3.63) is 11.3 Å². The minimum Gasteiger partial charge on any atom is -0.500 e. The SMILES string of the molecule is CO/C(=C(/C)C#N)C1C2CC3CC(C2)CC1C3. The molecule has 0 N–H and O–H groups in total. The normalized spacial score (nSPS) is 44.2. The monoisotopic (exact) mass is 231 g/mol. The number of nitrogens with zero attached hydrogens (tertiary/aromatic N) is 1. The van der Waals surface area contributed by atoms with Crippen LogP contribution in [-0.2, 0) is 4.74 Å². The molecule has 0 amide bonds. The van der Waals surface area contributed by atoms with Crippen molar-refractivity contribution in [1.29, 1.82) is 5.26 Å². The number of rotatable bonds is 2. The lowest BCUT2D eigenvalue weighted by molar-refractivity contribution is -0.0397. The third-order valence-electron chi connectivity index (χ3n) is 5.29. The molecule has 4 aliphatic rings. The van der Waals surface area contributed by atoms with Crippen LogP contribution in [0.1, 0.15) is 39.0 Å². The number of ether oxygens (including phenoxy) is 1. The maximum absolute atomic E-state index is 9.10. The zero-order chi connectivity index (χ0) is 12.0. The number of hydrogen-bond acceptors (Lipinski definition) is 2. The number of nitriles is 1. The Balaban J connectivity index is 1.92. The minimum absolute atomic E-state index is 0.549. The van der Waals surface area contributed by atoms with Gasteiger partial charge in [0.2, 0.25) is 0 Å². The molecule has 0 atom stereocenters. The summed E-state index contributed by atoms with van der Waals surface area (Å²) < 4.78 is 5.59. The average Bonchev–Trinajstić information content (AvgIpc) is 2.32. The molecule has 4 bridgehead atoms. The molecule has 0 aromatic heterocycles. The summed E-state index contributed by atoms with van der Waals surface area (Å²) in [7, 11) is 1.74. The van der Waals surface area contributed by atoms with Gasteiger partial charge < -0.3 is 4.74 Å². The lowest BCUT2D eigenvalue weighted by Crippen LogP contribution is -2.46. The van der Waals surface area contributed by atoms with Crippen LogP contribution in [0.25, 0.3) is 0 Å². The van der Waals surface area contributed by atoms with Crippen molar-refractivity contribution in [3.63, 3.8) is 0 Å². The summed E-state index contributed by atoms with van der Waals surface area (Å²) in [4.78, 5) is 0. The maximum Gasteiger partial charge on any atom is 0.112 e. The third kappa shape index (κ3) is 1.68. The van der Waals surface area contributed by atoms with Gasteiger partial charge in [0.25, 0.3) is 0 Å². The van der Waals surface area contributed by atoms with E-state index in [1.54, 1.807) is 7.11 Å². The summed E-state index contributed by atoms with van der Waals surface area (Å²) in [5.41, 5.74) is 0.796. The molecule has 2 nitrogen and oxygen atoms in total. The van der Waals surface area contributed by atoms with Crippen molar-refractivity contribution in [2.45, 2.75) is 39.0 Å². The van der Waals surface area contributed by atoms with E-state index in [9.17, 15) is 0 Å². The van der Waals surface area contributed by atoms with Gasteiger partial charge in [-0.1, -0.05) is 0 Å². The van der Waals surface area contributed by atoms with Crippen LogP contribution < -0.4 is 0 Å². The van der Waals surface area contributed by atoms with Crippen molar-refractivity contribution in [3.8, 4) is 6.07 Å². The molecule has 0 unspecified atom stereocenters. The van der Waals surface area contributed by atoms with E-state index in [0.717, 1.165) is 35.0 Å². The first kappa shape index (κ1) is 11.1. The molecular formula is C15H21NO. The van der Waals surface area contributed by atoms with Crippen molar-refractivity contribution < 1.29 is 4.74 Å². The highest BCUT2D eigenvalue weighted by atomic mass is 16.5. The van der Waals surface area contributed by atoms with Gasteiger partial charge in [0.1, 0.15) is 5.76 Å². The molecule has 0 radical (unpaired) electrons. The first-order valence-electron chi connectivity index (χ1n) is 6.87. The standard InChI is InChI=1S/C15H21NO/c1-9(8-16)15(17-2)14-12-4-10-3-11(6-12)7-13(14)5-10/h10-14H,3-7H2,1-2H3/b15-9-. The summed E-state index contributed by atoms with van der Waals surface area (Å²) in [6, 6.07) is 2.28. The predicted molar refractivity (Wildman–Crippen MR) is 65.9 cm³/mol. The summed E-state index contributed by atoms with van der Waals surface area (Å²) >= 11 is 0. The van der Waals surface area contributed by atoms with Crippen molar-refractivity contribution in [2.75, 3.05) is 7.11 Å². The lowest BCUT2D eigenvalue weighted by atomic mass is 9.51. The quantitative estimate of drug-likeness (QED) is 0.538. The van der Waals surface area contributed by atoms with E-state index in [4.69, 9.17) is 10.00 Å². The molecule has 0 aliphatic heterocycles. The molecule has 4 saturated carbocycles. The number of allylic oxidation sites excluding steroid dienone is 2. The summed E-state index contributed by atoms with van der Waals surface area (Å²) in [6.45, 7) is 1.91. The molecule has 17 heavy (non-hydrogen) atoms. The Bertz CT molecular complexity index is 362. The number of hydrogen-bond donors (Lipinski definition) is 0. The highest BCUT2D eigenvalue weighted by molar-refractivity contribution is 5.26. The Morgan fingerprint density at radius 2 is 1.59 bits per heavy atom. The Labute approximate surface area is 104 Å². The topological polar surface area (TPSA) is 33.0 Å². The fraction of sp³-hybridized carbons (Fsp3) is 0.800. The van der Waals surface area contributed by atoms with Crippen LogP contribution in [-0.4, -0.2) is 7.11 Å². The Morgan fingerprint density at radius 3 is 2.00 bits per heavy atom. The first-order valence-corrected chi connectivity index (χ1v) is 6.87. The van der Waals surface area contributed by atoms with E-state index in [1.165, 1.54) is 32.1 Å². The average molecular weight is 231 g/mol. The fourth-order valence-corrected chi connectivity index (χ4v) is 4.95. The Morgan fingerprint density at radius 1 is 1.06 bits per heavy atom. The van der Waals surface area contributed by atoms with Gasteiger partial charge in [0, 0.05) is 5.92 Å². The molecule has 92 valence electrons. The second kappa shape index (κ2) is 4.05. The molecule has 2 heteroatoms. The zero-order valence-corrected chi connectivity index (χ0v) is 10.8. The summed E-state index contributed by atoms with van der Waals surface area (Å²) in [6.07, 6.45) is 6.99. The van der Waals surface area contributed by atoms with E-state index in [2.05, 4.69) is 6.07 Å². The molecule has 0 aromatic carbocycles. The molecule has 0 saturated heterocycles. The van der Waals surface area contributed by atoms with Gasteiger partial charge in [-0.15, -0.1) is 0 Å². The van der Waals surface area contributed by atoms with Crippen molar-refractivity contribution in [2.24, 2.45) is 29.6 Å². The van der Waals surface area contributed by atoms with Gasteiger partial charge in [-0.2, -0.15) is 5.26 Å². The van der Waals surface area contributed by atoms with Crippen molar-refractivity contribution in [1.82, 2.24) is 0 Å². The third-order valence-corrected chi connectivity index (χ3v) is 5.29. The van der Waals surface area contributed by atoms with E-state index in [1.807, 2.05) is 6.92 Å². The van der Waals surface area contributed by atoms with Gasteiger partial charge in [0.05, 0.1) is 18.8 Å². The van der Waals surface area contributed by atoms with Gasteiger partial charge in [-0.05, 0) is 62.7 Å². The number of methoxy groups -OCH3 is 1. The molecule has 4 rings (SSSR count). The summed E-state index contributed by atoms with van der Waals surface area (Å²) in [5, 5.41) is 9.10. The predicted octanol–water partition coefficient (Wildman–Crippen LogP) is 3.50. The zero-order valence-electron chi connectivity index (χ0n) is 10.8. The van der Waals surface area contributed by atoms with Gasteiger partial charge in [0.15, 0.2) is 0 Å². The van der Waals surface area contributed by atoms with E-state index in [0.29, 0.717) is 5.92 Å². The Hall–Kier alpha value is -0.970.